The Bertz CT molecular complexity index is 1080. The SMILES string of the molecule is CCNS(=O)(=O)c1ccc(NS(=O)(=O)c2cc(Cl)c(C)c([N+](=O)[O-])c2)cc1. The van der Waals surface area contributed by atoms with Crippen LogP contribution in [-0.2, 0) is 20.0 Å². The van der Waals surface area contributed by atoms with Crippen molar-refractivity contribution in [3.63, 3.8) is 0 Å². The number of nitrogens with one attached hydrogen (secondary N) is 2. The smallest absolute Gasteiger partial charge is 0.275 e. The molecule has 0 saturated heterocycles. The minimum atomic E-state index is -4.17. The molecule has 9 nitrogen and oxygen atoms in total. The molecule has 0 heterocycles. The highest BCUT2D eigenvalue weighted by atomic mass is 35.5. The number of hydrogen-bond acceptors (Lipinski definition) is 6. The summed E-state index contributed by atoms with van der Waals surface area (Å²) in [7, 11) is -7.84. The van der Waals surface area contributed by atoms with E-state index in [1.165, 1.54) is 31.2 Å². The van der Waals surface area contributed by atoms with Crippen LogP contribution in [0, 0.1) is 17.0 Å². The van der Waals surface area contributed by atoms with E-state index in [0.717, 1.165) is 12.1 Å². The maximum absolute atomic E-state index is 12.5. The van der Waals surface area contributed by atoms with Crippen molar-refractivity contribution >= 4 is 43.0 Å². The first-order valence-electron chi connectivity index (χ1n) is 7.55. The summed E-state index contributed by atoms with van der Waals surface area (Å²) in [5.74, 6) is 0. The third-order valence-corrected chi connectivity index (χ3v) is 6.86. The van der Waals surface area contributed by atoms with Crippen LogP contribution in [0.1, 0.15) is 12.5 Å². The second-order valence-corrected chi connectivity index (χ2v) is 9.29. The second-order valence-electron chi connectivity index (χ2n) is 5.44. The van der Waals surface area contributed by atoms with Crippen molar-refractivity contribution in [1.29, 1.82) is 0 Å². The van der Waals surface area contributed by atoms with Crippen molar-refractivity contribution in [2.45, 2.75) is 23.6 Å². The van der Waals surface area contributed by atoms with Crippen molar-refractivity contribution in [3.8, 4) is 0 Å². The van der Waals surface area contributed by atoms with Crippen LogP contribution >= 0.6 is 11.6 Å². The fraction of sp³-hybridized carbons (Fsp3) is 0.200. The number of anilines is 1. The number of halogens is 1. The molecule has 2 aromatic rings. The maximum Gasteiger partial charge on any atom is 0.275 e. The van der Waals surface area contributed by atoms with E-state index in [-0.39, 0.29) is 32.6 Å². The van der Waals surface area contributed by atoms with Crippen LogP contribution < -0.4 is 9.44 Å². The molecule has 146 valence electrons. The highest BCUT2D eigenvalue weighted by Crippen LogP contribution is 2.30. The van der Waals surface area contributed by atoms with Crippen LogP contribution in [0.3, 0.4) is 0 Å². The molecule has 0 aliphatic rings. The van der Waals surface area contributed by atoms with E-state index in [4.69, 9.17) is 11.6 Å². The molecule has 2 aromatic carbocycles. The van der Waals surface area contributed by atoms with E-state index in [2.05, 4.69) is 9.44 Å². The highest BCUT2D eigenvalue weighted by Gasteiger charge is 2.23. The Morgan fingerprint density at radius 2 is 1.63 bits per heavy atom. The van der Waals surface area contributed by atoms with Gasteiger partial charge in [0.05, 0.1) is 19.7 Å². The van der Waals surface area contributed by atoms with Gasteiger partial charge in [-0.2, -0.15) is 0 Å². The van der Waals surface area contributed by atoms with Crippen LogP contribution in [0.4, 0.5) is 11.4 Å². The van der Waals surface area contributed by atoms with E-state index in [9.17, 15) is 26.9 Å². The van der Waals surface area contributed by atoms with E-state index in [0.29, 0.717) is 0 Å². The Morgan fingerprint density at radius 1 is 1.04 bits per heavy atom. The molecule has 2 rings (SSSR count). The first kappa shape index (κ1) is 21.1. The number of rotatable bonds is 7. The molecular formula is C15H16ClN3O6S2. The highest BCUT2D eigenvalue weighted by molar-refractivity contribution is 7.92. The molecule has 0 bridgehead atoms. The van der Waals surface area contributed by atoms with Gasteiger partial charge in [0.2, 0.25) is 10.0 Å². The molecule has 0 aliphatic carbocycles. The standard InChI is InChI=1S/C15H16ClN3O6S2/c1-3-17-26(22,23)12-6-4-11(5-7-12)18-27(24,25)13-8-14(16)10(2)15(9-13)19(20)21/h4-9,17-18H,3H2,1-2H3. The zero-order chi connectivity index (χ0) is 20.4. The first-order valence-corrected chi connectivity index (χ1v) is 10.9. The van der Waals surface area contributed by atoms with Crippen molar-refractivity contribution in [1.82, 2.24) is 4.72 Å². The van der Waals surface area contributed by atoms with Crippen molar-refractivity contribution < 1.29 is 21.8 Å². The zero-order valence-electron chi connectivity index (χ0n) is 14.3. The lowest BCUT2D eigenvalue weighted by Crippen LogP contribution is -2.23. The summed E-state index contributed by atoms with van der Waals surface area (Å²) in [6.45, 7) is 3.25. The molecule has 0 unspecified atom stereocenters. The third kappa shape index (κ3) is 4.75. The summed E-state index contributed by atoms with van der Waals surface area (Å²) in [5, 5.41) is 11.0. The maximum atomic E-state index is 12.5. The lowest BCUT2D eigenvalue weighted by molar-refractivity contribution is -0.385. The van der Waals surface area contributed by atoms with Gasteiger partial charge in [-0.25, -0.2) is 21.6 Å². The van der Waals surface area contributed by atoms with Gasteiger partial charge < -0.3 is 0 Å². The Kier molecular flexibility index (Phi) is 6.10. The molecule has 0 atom stereocenters. The van der Waals surface area contributed by atoms with Gasteiger partial charge in [-0.1, -0.05) is 18.5 Å². The molecule has 27 heavy (non-hydrogen) atoms. The zero-order valence-corrected chi connectivity index (χ0v) is 16.7. The van der Waals surface area contributed by atoms with Crippen LogP contribution in [0.15, 0.2) is 46.2 Å². The number of hydrogen-bond donors (Lipinski definition) is 2. The first-order chi connectivity index (χ1) is 12.5. The monoisotopic (exact) mass is 433 g/mol. The molecule has 0 saturated carbocycles. The molecule has 0 aliphatic heterocycles. The number of sulfonamides is 2. The van der Waals surface area contributed by atoms with Crippen molar-refractivity contribution in [2.75, 3.05) is 11.3 Å². The lowest BCUT2D eigenvalue weighted by Gasteiger charge is -2.10. The predicted octanol–water partition coefficient (Wildman–Crippen LogP) is 2.66. The minimum Gasteiger partial charge on any atom is -0.280 e. The molecule has 0 fully saturated rings. The van der Waals surface area contributed by atoms with Crippen LogP contribution in [0.25, 0.3) is 0 Å². The van der Waals surface area contributed by atoms with Gasteiger partial charge >= 0.3 is 0 Å². The Balaban J connectivity index is 2.36. The van der Waals surface area contributed by atoms with Gasteiger partial charge in [-0.05, 0) is 37.3 Å². The fourth-order valence-corrected chi connectivity index (χ4v) is 4.60. The largest absolute Gasteiger partial charge is 0.280 e. The normalized spacial score (nSPS) is 12.0. The van der Waals surface area contributed by atoms with Gasteiger partial charge in [0, 0.05) is 23.9 Å². The van der Waals surface area contributed by atoms with E-state index in [1.807, 2.05) is 0 Å². The third-order valence-electron chi connectivity index (χ3n) is 3.55. The average Bonchev–Trinajstić information content (AvgIpc) is 2.56. The summed E-state index contributed by atoms with van der Waals surface area (Å²) in [6.07, 6.45) is 0. The quantitative estimate of drug-likeness (QED) is 0.509. The Labute approximate surface area is 161 Å². The predicted molar refractivity (Wildman–Crippen MR) is 101 cm³/mol. The molecule has 0 amide bonds. The summed E-state index contributed by atoms with van der Waals surface area (Å²) in [4.78, 5) is 9.94. The van der Waals surface area contributed by atoms with E-state index < -0.39 is 30.7 Å². The number of benzene rings is 2. The van der Waals surface area contributed by atoms with E-state index in [1.54, 1.807) is 6.92 Å². The number of nitro benzene ring substituents is 1. The second kappa shape index (κ2) is 7.80. The average molecular weight is 434 g/mol. The Morgan fingerprint density at radius 3 is 2.15 bits per heavy atom. The summed E-state index contributed by atoms with van der Waals surface area (Å²) < 4.78 is 53.3. The molecule has 12 heteroatoms. The summed E-state index contributed by atoms with van der Waals surface area (Å²) in [6, 6.07) is 7.03. The fourth-order valence-electron chi connectivity index (χ4n) is 2.17. The summed E-state index contributed by atoms with van der Waals surface area (Å²) >= 11 is 5.90. The van der Waals surface area contributed by atoms with Gasteiger partial charge in [-0.3, -0.25) is 14.8 Å². The Hall–Kier alpha value is -2.21. The molecule has 2 N–H and O–H groups in total. The van der Waals surface area contributed by atoms with Gasteiger partial charge in [0.1, 0.15) is 0 Å². The minimum absolute atomic E-state index is 0.0266. The lowest BCUT2D eigenvalue weighted by atomic mass is 10.2. The topological polar surface area (TPSA) is 135 Å². The van der Waals surface area contributed by atoms with Gasteiger partial charge in [0.25, 0.3) is 15.7 Å². The van der Waals surface area contributed by atoms with Gasteiger partial charge in [-0.15, -0.1) is 0 Å². The summed E-state index contributed by atoms with van der Waals surface area (Å²) in [5.41, 5.74) is -0.182. The van der Waals surface area contributed by atoms with Crippen molar-refractivity contribution in [3.05, 3.63) is 57.1 Å². The molecule has 0 radical (unpaired) electrons. The van der Waals surface area contributed by atoms with Crippen molar-refractivity contribution in [2.24, 2.45) is 0 Å². The number of nitro groups is 1. The van der Waals surface area contributed by atoms with Crippen LogP contribution in [-0.4, -0.2) is 28.3 Å². The van der Waals surface area contributed by atoms with E-state index >= 15 is 0 Å². The van der Waals surface area contributed by atoms with Crippen LogP contribution in [0.2, 0.25) is 5.02 Å². The molecular weight excluding hydrogens is 418 g/mol. The number of nitrogens with zero attached hydrogens (tertiary/aromatic N) is 1. The molecule has 0 spiro atoms. The molecule has 0 aromatic heterocycles. The van der Waals surface area contributed by atoms with Gasteiger partial charge in [0.15, 0.2) is 0 Å². The van der Waals surface area contributed by atoms with Crippen LogP contribution in [0.5, 0.6) is 0 Å².